The van der Waals surface area contributed by atoms with Gasteiger partial charge < -0.3 is 10.1 Å². The summed E-state index contributed by atoms with van der Waals surface area (Å²) in [4.78, 5) is 12.4. The molecule has 1 rings (SSSR count). The van der Waals surface area contributed by atoms with Crippen LogP contribution in [-0.2, 0) is 9.53 Å². The van der Waals surface area contributed by atoms with E-state index in [9.17, 15) is 4.79 Å². The average Bonchev–Trinajstić information content (AvgIpc) is 2.46. The molecule has 0 saturated heterocycles. The van der Waals surface area contributed by atoms with E-state index in [1.54, 1.807) is 0 Å². The summed E-state index contributed by atoms with van der Waals surface area (Å²) in [6.07, 6.45) is 3.59. The molecule has 3 nitrogen and oxygen atoms in total. The number of nitrogens with one attached hydrogen (secondary N) is 1. The molecule has 0 aliphatic carbocycles. The van der Waals surface area contributed by atoms with Crippen molar-refractivity contribution in [1.82, 2.24) is 0 Å². The van der Waals surface area contributed by atoms with Crippen molar-refractivity contribution in [3.63, 3.8) is 0 Å². The van der Waals surface area contributed by atoms with Gasteiger partial charge in [-0.05, 0) is 38.8 Å². The molecule has 112 valence electrons. The maximum Gasteiger partial charge on any atom is 0.331 e. The SMILES string of the molecule is CCCCC(CC)(Nc1ccc(C)cc1)C(=O)OCC. The van der Waals surface area contributed by atoms with E-state index in [4.69, 9.17) is 4.74 Å². The summed E-state index contributed by atoms with van der Waals surface area (Å²) in [6, 6.07) is 8.14. The van der Waals surface area contributed by atoms with Crippen molar-refractivity contribution in [3.05, 3.63) is 29.8 Å². The Balaban J connectivity index is 2.95. The Hall–Kier alpha value is -1.51. The highest BCUT2D eigenvalue weighted by Gasteiger charge is 2.37. The Morgan fingerprint density at radius 1 is 1.20 bits per heavy atom. The van der Waals surface area contributed by atoms with Crippen LogP contribution in [0.15, 0.2) is 24.3 Å². The van der Waals surface area contributed by atoms with Crippen LogP contribution < -0.4 is 5.32 Å². The minimum Gasteiger partial charge on any atom is -0.464 e. The van der Waals surface area contributed by atoms with Crippen LogP contribution in [0.4, 0.5) is 5.69 Å². The fraction of sp³-hybridized carbons (Fsp3) is 0.588. The molecule has 1 atom stereocenters. The van der Waals surface area contributed by atoms with E-state index in [0.29, 0.717) is 6.61 Å². The third-order valence-electron chi connectivity index (χ3n) is 3.66. The Kier molecular flexibility index (Phi) is 6.56. The normalized spacial score (nSPS) is 13.6. The quantitative estimate of drug-likeness (QED) is 0.720. The first kappa shape index (κ1) is 16.5. The molecule has 0 aliphatic rings. The second kappa shape index (κ2) is 7.93. The van der Waals surface area contributed by atoms with Gasteiger partial charge in [0.2, 0.25) is 0 Å². The predicted octanol–water partition coefficient (Wildman–Crippen LogP) is 4.31. The maximum atomic E-state index is 12.4. The Morgan fingerprint density at radius 2 is 1.85 bits per heavy atom. The molecular weight excluding hydrogens is 250 g/mol. The lowest BCUT2D eigenvalue weighted by Crippen LogP contribution is -2.47. The molecule has 1 N–H and O–H groups in total. The van der Waals surface area contributed by atoms with Crippen molar-refractivity contribution in [2.45, 2.75) is 58.9 Å². The second-order valence-electron chi connectivity index (χ2n) is 5.25. The van der Waals surface area contributed by atoms with Crippen LogP contribution in [0.1, 0.15) is 52.0 Å². The Labute approximate surface area is 122 Å². The molecule has 0 aromatic heterocycles. The van der Waals surface area contributed by atoms with Gasteiger partial charge in [0.25, 0.3) is 0 Å². The molecular formula is C17H27NO2. The molecule has 1 aromatic carbocycles. The first-order valence-corrected chi connectivity index (χ1v) is 7.60. The van der Waals surface area contributed by atoms with Gasteiger partial charge in [0.15, 0.2) is 0 Å². The minimum absolute atomic E-state index is 0.142. The zero-order chi connectivity index (χ0) is 15.0. The van der Waals surface area contributed by atoms with Crippen molar-refractivity contribution in [3.8, 4) is 0 Å². The van der Waals surface area contributed by atoms with Crippen LogP contribution in [0.3, 0.4) is 0 Å². The van der Waals surface area contributed by atoms with Gasteiger partial charge in [0, 0.05) is 5.69 Å². The molecule has 0 fully saturated rings. The number of anilines is 1. The highest BCUT2D eigenvalue weighted by Crippen LogP contribution is 2.26. The number of aryl methyl sites for hydroxylation is 1. The lowest BCUT2D eigenvalue weighted by molar-refractivity contribution is -0.149. The molecule has 0 spiro atoms. The van der Waals surface area contributed by atoms with Crippen LogP contribution in [0.5, 0.6) is 0 Å². The van der Waals surface area contributed by atoms with Gasteiger partial charge in [0.05, 0.1) is 6.61 Å². The number of carbonyl (C=O) groups is 1. The predicted molar refractivity (Wildman–Crippen MR) is 84.0 cm³/mol. The molecule has 3 heteroatoms. The molecule has 0 amide bonds. The highest BCUT2D eigenvalue weighted by atomic mass is 16.5. The van der Waals surface area contributed by atoms with Crippen LogP contribution in [0.25, 0.3) is 0 Å². The first-order chi connectivity index (χ1) is 9.57. The summed E-state index contributed by atoms with van der Waals surface area (Å²) in [5, 5.41) is 3.41. The van der Waals surface area contributed by atoms with E-state index >= 15 is 0 Å². The van der Waals surface area contributed by atoms with Crippen LogP contribution in [0.2, 0.25) is 0 Å². The molecule has 0 radical (unpaired) electrons. The van der Waals surface area contributed by atoms with Gasteiger partial charge in [-0.15, -0.1) is 0 Å². The Bertz CT molecular complexity index is 414. The number of carbonyl (C=O) groups excluding carboxylic acids is 1. The molecule has 1 aromatic rings. The lowest BCUT2D eigenvalue weighted by atomic mass is 9.89. The van der Waals surface area contributed by atoms with Crippen molar-refractivity contribution >= 4 is 11.7 Å². The Morgan fingerprint density at radius 3 is 2.35 bits per heavy atom. The number of ether oxygens (including phenoxy) is 1. The van der Waals surface area contributed by atoms with Crippen molar-refractivity contribution in [2.75, 3.05) is 11.9 Å². The second-order valence-corrected chi connectivity index (χ2v) is 5.25. The molecule has 0 heterocycles. The van der Waals surface area contributed by atoms with E-state index < -0.39 is 5.54 Å². The minimum atomic E-state index is -0.610. The van der Waals surface area contributed by atoms with Gasteiger partial charge in [-0.1, -0.05) is 44.4 Å². The number of benzene rings is 1. The van der Waals surface area contributed by atoms with E-state index in [1.165, 1.54) is 5.56 Å². The van der Waals surface area contributed by atoms with E-state index in [-0.39, 0.29) is 5.97 Å². The smallest absolute Gasteiger partial charge is 0.331 e. The summed E-state index contributed by atoms with van der Waals surface area (Å²) in [6.45, 7) is 8.50. The fourth-order valence-corrected chi connectivity index (χ4v) is 2.29. The van der Waals surface area contributed by atoms with E-state index in [2.05, 4.69) is 19.2 Å². The highest BCUT2D eigenvalue weighted by molar-refractivity contribution is 5.84. The van der Waals surface area contributed by atoms with Gasteiger partial charge in [-0.3, -0.25) is 0 Å². The topological polar surface area (TPSA) is 38.3 Å². The zero-order valence-corrected chi connectivity index (χ0v) is 13.2. The van der Waals surface area contributed by atoms with Crippen molar-refractivity contribution in [1.29, 1.82) is 0 Å². The third-order valence-corrected chi connectivity index (χ3v) is 3.66. The number of hydrogen-bond donors (Lipinski definition) is 1. The summed E-state index contributed by atoms with van der Waals surface area (Å²) in [7, 11) is 0. The molecule has 0 saturated carbocycles. The van der Waals surface area contributed by atoms with Crippen LogP contribution in [-0.4, -0.2) is 18.1 Å². The molecule has 20 heavy (non-hydrogen) atoms. The summed E-state index contributed by atoms with van der Waals surface area (Å²) in [5.41, 5.74) is 1.57. The van der Waals surface area contributed by atoms with Crippen LogP contribution >= 0.6 is 0 Å². The van der Waals surface area contributed by atoms with Crippen molar-refractivity contribution < 1.29 is 9.53 Å². The van der Waals surface area contributed by atoms with Gasteiger partial charge in [0.1, 0.15) is 5.54 Å². The standard InChI is InChI=1S/C17H27NO2/c1-5-8-13-17(6-2,16(19)20-7-3)18-15-11-9-14(4)10-12-15/h9-12,18H,5-8,13H2,1-4H3. The van der Waals surface area contributed by atoms with Gasteiger partial charge >= 0.3 is 5.97 Å². The number of esters is 1. The molecule has 0 aliphatic heterocycles. The summed E-state index contributed by atoms with van der Waals surface area (Å²) >= 11 is 0. The van der Waals surface area contributed by atoms with E-state index in [1.807, 2.05) is 38.1 Å². The van der Waals surface area contributed by atoms with E-state index in [0.717, 1.165) is 31.4 Å². The molecule has 1 unspecified atom stereocenters. The van der Waals surface area contributed by atoms with Crippen molar-refractivity contribution in [2.24, 2.45) is 0 Å². The van der Waals surface area contributed by atoms with Crippen LogP contribution in [0, 0.1) is 6.92 Å². The molecule has 0 bridgehead atoms. The fourth-order valence-electron chi connectivity index (χ4n) is 2.29. The number of hydrogen-bond acceptors (Lipinski definition) is 3. The average molecular weight is 277 g/mol. The lowest BCUT2D eigenvalue weighted by Gasteiger charge is -2.32. The third kappa shape index (κ3) is 4.26. The van der Waals surface area contributed by atoms with Gasteiger partial charge in [-0.2, -0.15) is 0 Å². The van der Waals surface area contributed by atoms with Gasteiger partial charge in [-0.25, -0.2) is 4.79 Å². The number of unbranched alkanes of at least 4 members (excludes halogenated alkanes) is 1. The monoisotopic (exact) mass is 277 g/mol. The first-order valence-electron chi connectivity index (χ1n) is 7.60. The summed E-state index contributed by atoms with van der Waals surface area (Å²) in [5.74, 6) is -0.142. The largest absolute Gasteiger partial charge is 0.464 e. The maximum absolute atomic E-state index is 12.4. The summed E-state index contributed by atoms with van der Waals surface area (Å²) < 4.78 is 5.29. The number of rotatable bonds is 8. The zero-order valence-electron chi connectivity index (χ0n) is 13.2.